The van der Waals surface area contributed by atoms with Gasteiger partial charge >= 0.3 is 0 Å². The van der Waals surface area contributed by atoms with Gasteiger partial charge in [0.15, 0.2) is 8.32 Å². The van der Waals surface area contributed by atoms with Crippen LogP contribution in [0.25, 0.3) is 0 Å². The molecule has 1 saturated carbocycles. The maximum absolute atomic E-state index is 11.6. The van der Waals surface area contributed by atoms with E-state index in [-0.39, 0.29) is 29.0 Å². The fourth-order valence-electron chi connectivity index (χ4n) is 2.44. The Balaban J connectivity index is 1.87. The lowest BCUT2D eigenvalue weighted by Crippen LogP contribution is -2.54. The summed E-state index contributed by atoms with van der Waals surface area (Å²) in [7, 11) is -1.73. The highest BCUT2D eigenvalue weighted by molar-refractivity contribution is 6.74. The minimum absolute atomic E-state index is 0.000719. The maximum atomic E-state index is 11.6. The van der Waals surface area contributed by atoms with Gasteiger partial charge in [-0.1, -0.05) is 20.8 Å². The van der Waals surface area contributed by atoms with Gasteiger partial charge in [-0.2, -0.15) is 0 Å². The first-order valence-corrected chi connectivity index (χ1v) is 10.1. The second-order valence-corrected chi connectivity index (χ2v) is 12.0. The van der Waals surface area contributed by atoms with Crippen LogP contribution in [0.15, 0.2) is 0 Å². The van der Waals surface area contributed by atoms with E-state index >= 15 is 0 Å². The fourth-order valence-corrected chi connectivity index (χ4v) is 3.82. The molecule has 0 aromatic heterocycles. The molecule has 0 aromatic carbocycles. The molecular formula is C14H25NO3Si. The summed E-state index contributed by atoms with van der Waals surface area (Å²) in [5.74, 6) is 0.00144. The molecular weight excluding hydrogens is 258 g/mol. The minimum atomic E-state index is -1.73. The van der Waals surface area contributed by atoms with Crippen molar-refractivity contribution in [2.24, 2.45) is 0 Å². The Morgan fingerprint density at radius 1 is 1.11 bits per heavy atom. The molecule has 1 heterocycles. The molecule has 0 N–H and O–H groups in total. The zero-order chi connectivity index (χ0) is 14.4. The van der Waals surface area contributed by atoms with Gasteiger partial charge in [0.05, 0.1) is 0 Å². The standard InChI is InChI=1S/C14H25NO3Si/c1-14(2,3)19(4,5)18-11-8-10(9-11)15-12(16)6-7-13(15)17/h10-11H,6-9H2,1-5H3. The first-order chi connectivity index (χ1) is 8.62. The van der Waals surface area contributed by atoms with Gasteiger partial charge in [-0.05, 0) is 31.0 Å². The maximum Gasteiger partial charge on any atom is 0.229 e. The van der Waals surface area contributed by atoms with Crippen molar-refractivity contribution in [3.8, 4) is 0 Å². The third-order valence-corrected chi connectivity index (χ3v) is 9.33. The number of imide groups is 1. The largest absolute Gasteiger partial charge is 0.414 e. The molecule has 0 spiro atoms. The number of amides is 2. The number of rotatable bonds is 3. The lowest BCUT2D eigenvalue weighted by molar-refractivity contribution is -0.145. The highest BCUT2D eigenvalue weighted by atomic mass is 28.4. The number of hydrogen-bond acceptors (Lipinski definition) is 3. The van der Waals surface area contributed by atoms with Crippen molar-refractivity contribution in [2.75, 3.05) is 0 Å². The van der Waals surface area contributed by atoms with Gasteiger partial charge in [-0.3, -0.25) is 14.5 Å². The molecule has 4 nitrogen and oxygen atoms in total. The van der Waals surface area contributed by atoms with Crippen LogP contribution in [0.2, 0.25) is 18.1 Å². The van der Waals surface area contributed by atoms with Crippen LogP contribution in [0.1, 0.15) is 46.5 Å². The summed E-state index contributed by atoms with van der Waals surface area (Å²) >= 11 is 0. The number of carbonyl (C=O) groups excluding carboxylic acids is 2. The Morgan fingerprint density at radius 3 is 2.00 bits per heavy atom. The molecule has 5 heteroatoms. The van der Waals surface area contributed by atoms with E-state index in [0.717, 1.165) is 12.8 Å². The normalized spacial score (nSPS) is 28.8. The van der Waals surface area contributed by atoms with Gasteiger partial charge in [0.2, 0.25) is 11.8 Å². The van der Waals surface area contributed by atoms with Crippen LogP contribution in [0.3, 0.4) is 0 Å². The van der Waals surface area contributed by atoms with E-state index in [2.05, 4.69) is 33.9 Å². The Kier molecular flexibility index (Phi) is 3.64. The smallest absolute Gasteiger partial charge is 0.229 e. The molecule has 2 rings (SSSR count). The third-order valence-electron chi connectivity index (χ3n) is 4.79. The van der Waals surface area contributed by atoms with Crippen LogP contribution in [0.5, 0.6) is 0 Å². The monoisotopic (exact) mass is 283 g/mol. The lowest BCUT2D eigenvalue weighted by Gasteiger charge is -2.46. The van der Waals surface area contributed by atoms with Crippen molar-refractivity contribution < 1.29 is 14.0 Å². The second-order valence-electron chi connectivity index (χ2n) is 7.28. The Morgan fingerprint density at radius 2 is 1.58 bits per heavy atom. The summed E-state index contributed by atoms with van der Waals surface area (Å²) in [4.78, 5) is 24.8. The predicted octanol–water partition coefficient (Wildman–Crippen LogP) is 2.69. The molecule has 0 bridgehead atoms. The summed E-state index contributed by atoms with van der Waals surface area (Å²) in [5, 5.41) is 0.206. The third kappa shape index (κ3) is 2.77. The molecule has 0 unspecified atom stereocenters. The minimum Gasteiger partial charge on any atom is -0.414 e. The van der Waals surface area contributed by atoms with Gasteiger partial charge < -0.3 is 4.43 Å². The zero-order valence-corrected chi connectivity index (χ0v) is 13.7. The number of hydrogen-bond donors (Lipinski definition) is 0. The van der Waals surface area contributed by atoms with Gasteiger partial charge in [0.1, 0.15) is 0 Å². The van der Waals surface area contributed by atoms with E-state index in [4.69, 9.17) is 4.43 Å². The van der Waals surface area contributed by atoms with E-state index in [9.17, 15) is 9.59 Å². The summed E-state index contributed by atoms with van der Waals surface area (Å²) in [6.07, 6.45) is 2.66. The van der Waals surface area contributed by atoms with E-state index in [1.165, 1.54) is 4.90 Å². The van der Waals surface area contributed by atoms with Crippen LogP contribution >= 0.6 is 0 Å². The highest BCUT2D eigenvalue weighted by Crippen LogP contribution is 2.41. The summed E-state index contributed by atoms with van der Waals surface area (Å²) < 4.78 is 6.29. The van der Waals surface area contributed by atoms with Crippen molar-refractivity contribution in [1.29, 1.82) is 0 Å². The van der Waals surface area contributed by atoms with Crippen LogP contribution < -0.4 is 0 Å². The van der Waals surface area contributed by atoms with E-state index in [1.807, 2.05) is 0 Å². The van der Waals surface area contributed by atoms with Crippen molar-refractivity contribution in [3.63, 3.8) is 0 Å². The van der Waals surface area contributed by atoms with Gasteiger partial charge in [0, 0.05) is 25.0 Å². The van der Waals surface area contributed by atoms with E-state index in [0.29, 0.717) is 12.8 Å². The summed E-state index contributed by atoms with van der Waals surface area (Å²) in [6, 6.07) is 0.0947. The highest BCUT2D eigenvalue weighted by Gasteiger charge is 2.46. The molecule has 108 valence electrons. The van der Waals surface area contributed by atoms with Gasteiger partial charge in [-0.25, -0.2) is 0 Å². The van der Waals surface area contributed by atoms with Crippen molar-refractivity contribution >= 4 is 20.1 Å². The quantitative estimate of drug-likeness (QED) is 0.591. The molecule has 0 radical (unpaired) electrons. The van der Waals surface area contributed by atoms with E-state index < -0.39 is 8.32 Å². The van der Waals surface area contributed by atoms with Gasteiger partial charge in [0.25, 0.3) is 0 Å². The van der Waals surface area contributed by atoms with Crippen molar-refractivity contribution in [1.82, 2.24) is 4.90 Å². The second kappa shape index (κ2) is 4.70. The average Bonchev–Trinajstić information content (AvgIpc) is 2.51. The molecule has 0 atom stereocenters. The topological polar surface area (TPSA) is 46.6 Å². The molecule has 1 aliphatic carbocycles. The first-order valence-electron chi connectivity index (χ1n) is 7.14. The SMILES string of the molecule is CC(C)(C)[Si](C)(C)OC1CC(N2C(=O)CCC2=O)C1. The Bertz CT molecular complexity index is 378. The number of carbonyl (C=O) groups is 2. The molecule has 1 saturated heterocycles. The molecule has 2 amide bonds. The summed E-state index contributed by atoms with van der Waals surface area (Å²) in [6.45, 7) is 11.2. The van der Waals surface area contributed by atoms with Crippen LogP contribution in [-0.2, 0) is 14.0 Å². The first kappa shape index (κ1) is 14.7. The number of likely N-dealkylation sites (tertiary alicyclic amines) is 1. The molecule has 19 heavy (non-hydrogen) atoms. The lowest BCUT2D eigenvalue weighted by atomic mass is 9.88. The zero-order valence-electron chi connectivity index (χ0n) is 12.7. The Labute approximate surface area is 116 Å². The molecule has 1 aliphatic heterocycles. The molecule has 2 fully saturated rings. The van der Waals surface area contributed by atoms with Crippen molar-refractivity contribution in [3.05, 3.63) is 0 Å². The van der Waals surface area contributed by atoms with Crippen LogP contribution in [-0.4, -0.2) is 37.2 Å². The Hall–Kier alpha value is -0.683. The van der Waals surface area contributed by atoms with Gasteiger partial charge in [-0.15, -0.1) is 0 Å². The van der Waals surface area contributed by atoms with Crippen LogP contribution in [0, 0.1) is 0 Å². The van der Waals surface area contributed by atoms with Crippen LogP contribution in [0.4, 0.5) is 0 Å². The summed E-state index contributed by atoms with van der Waals surface area (Å²) in [5.41, 5.74) is 0. The van der Waals surface area contributed by atoms with E-state index in [1.54, 1.807) is 0 Å². The van der Waals surface area contributed by atoms with Crippen molar-refractivity contribution in [2.45, 2.75) is 76.7 Å². The molecule has 2 aliphatic rings. The predicted molar refractivity (Wildman–Crippen MR) is 76.2 cm³/mol. The fraction of sp³-hybridized carbons (Fsp3) is 0.857. The average molecular weight is 283 g/mol. The molecule has 0 aromatic rings. The number of nitrogens with zero attached hydrogens (tertiary/aromatic N) is 1.